The third kappa shape index (κ3) is 2.89. The van der Waals surface area contributed by atoms with E-state index in [2.05, 4.69) is 10.3 Å². The molecule has 0 atom stereocenters. The Balaban J connectivity index is 2.19. The maximum Gasteiger partial charge on any atom is 0.269 e. The highest BCUT2D eigenvalue weighted by molar-refractivity contribution is 6.04. The molecule has 0 saturated heterocycles. The van der Waals surface area contributed by atoms with Gasteiger partial charge in [0.2, 0.25) is 0 Å². The summed E-state index contributed by atoms with van der Waals surface area (Å²) in [5.41, 5.74) is 6.90. The molecule has 1 aromatic carbocycles. The van der Waals surface area contributed by atoms with Crippen molar-refractivity contribution in [1.82, 2.24) is 4.98 Å². The molecule has 1 aromatic heterocycles. The Labute approximate surface area is 114 Å². The first-order valence-corrected chi connectivity index (χ1v) is 5.75. The number of hydrogen-bond donors (Lipinski definition) is 2. The van der Waals surface area contributed by atoms with Crippen molar-refractivity contribution in [2.24, 2.45) is 0 Å². The fraction of sp³-hybridized carbons (Fsp3) is 0.0769. The number of benzene rings is 1. The summed E-state index contributed by atoms with van der Waals surface area (Å²) in [6.45, 7) is 1.68. The maximum absolute atomic E-state index is 12.0. The van der Waals surface area contributed by atoms with Crippen LogP contribution in [0.3, 0.4) is 0 Å². The third-order valence-corrected chi connectivity index (χ3v) is 2.72. The molecule has 0 bridgehead atoms. The van der Waals surface area contributed by atoms with E-state index in [1.165, 1.54) is 30.5 Å². The zero-order valence-corrected chi connectivity index (χ0v) is 10.7. The highest BCUT2D eigenvalue weighted by Crippen LogP contribution is 2.21. The summed E-state index contributed by atoms with van der Waals surface area (Å²) in [7, 11) is 0. The molecular formula is C13H12N4O3. The Kier molecular flexibility index (Phi) is 3.60. The van der Waals surface area contributed by atoms with E-state index in [4.69, 9.17) is 5.73 Å². The quantitative estimate of drug-likeness (QED) is 0.656. The molecule has 7 nitrogen and oxygen atoms in total. The molecule has 1 amide bonds. The first-order chi connectivity index (χ1) is 9.47. The standard InChI is InChI=1S/C13H12N4O3/c1-8-6-10(17(19)20)3-4-11(8)16-13(18)9-2-5-12(14)15-7-9/h2-7H,1H3,(H2,14,15)(H,16,18). The number of non-ortho nitro benzene ring substituents is 1. The molecule has 0 aliphatic heterocycles. The van der Waals surface area contributed by atoms with Crippen molar-refractivity contribution in [3.63, 3.8) is 0 Å². The highest BCUT2D eigenvalue weighted by atomic mass is 16.6. The zero-order valence-electron chi connectivity index (χ0n) is 10.7. The van der Waals surface area contributed by atoms with Crippen molar-refractivity contribution in [3.05, 3.63) is 57.8 Å². The minimum absolute atomic E-state index is 0.0188. The monoisotopic (exact) mass is 272 g/mol. The Morgan fingerprint density at radius 2 is 2.10 bits per heavy atom. The molecule has 2 rings (SSSR count). The number of nitro groups is 1. The maximum atomic E-state index is 12.0. The molecule has 0 radical (unpaired) electrons. The summed E-state index contributed by atoms with van der Waals surface area (Å²) in [6.07, 6.45) is 1.37. The van der Waals surface area contributed by atoms with Crippen LogP contribution in [0, 0.1) is 17.0 Å². The van der Waals surface area contributed by atoms with E-state index in [1.54, 1.807) is 13.0 Å². The molecule has 0 aliphatic carbocycles. The van der Waals surface area contributed by atoms with Crippen molar-refractivity contribution in [3.8, 4) is 0 Å². The predicted octanol–water partition coefficient (Wildman–Crippen LogP) is 2.13. The average Bonchev–Trinajstić information content (AvgIpc) is 2.41. The Morgan fingerprint density at radius 1 is 1.35 bits per heavy atom. The lowest BCUT2D eigenvalue weighted by Crippen LogP contribution is -2.13. The lowest BCUT2D eigenvalue weighted by atomic mass is 10.1. The van der Waals surface area contributed by atoms with Crippen molar-refractivity contribution in [1.29, 1.82) is 0 Å². The van der Waals surface area contributed by atoms with Gasteiger partial charge in [0.1, 0.15) is 5.82 Å². The van der Waals surface area contributed by atoms with Gasteiger partial charge in [-0.15, -0.1) is 0 Å². The number of anilines is 2. The number of pyridine rings is 1. The number of carbonyl (C=O) groups excluding carboxylic acids is 1. The van der Waals surface area contributed by atoms with Crippen LogP contribution in [0.4, 0.5) is 17.2 Å². The fourth-order valence-electron chi connectivity index (χ4n) is 1.64. The average molecular weight is 272 g/mol. The third-order valence-electron chi connectivity index (χ3n) is 2.72. The number of nitrogen functional groups attached to an aromatic ring is 1. The molecule has 0 unspecified atom stereocenters. The summed E-state index contributed by atoms with van der Waals surface area (Å²) < 4.78 is 0. The van der Waals surface area contributed by atoms with Gasteiger partial charge in [0.05, 0.1) is 10.5 Å². The van der Waals surface area contributed by atoms with Gasteiger partial charge in [-0.25, -0.2) is 4.98 Å². The summed E-state index contributed by atoms with van der Waals surface area (Å²) in [4.78, 5) is 26.0. The second-order valence-corrected chi connectivity index (χ2v) is 4.18. The molecule has 0 fully saturated rings. The van der Waals surface area contributed by atoms with Crippen LogP contribution in [0.25, 0.3) is 0 Å². The van der Waals surface area contributed by atoms with Gasteiger partial charge in [0, 0.05) is 24.0 Å². The number of aromatic nitrogens is 1. The van der Waals surface area contributed by atoms with Crippen molar-refractivity contribution in [2.45, 2.75) is 6.92 Å². The minimum Gasteiger partial charge on any atom is -0.384 e. The molecule has 0 aliphatic rings. The van der Waals surface area contributed by atoms with Crippen LogP contribution in [0.5, 0.6) is 0 Å². The highest BCUT2D eigenvalue weighted by Gasteiger charge is 2.11. The molecular weight excluding hydrogens is 260 g/mol. The summed E-state index contributed by atoms with van der Waals surface area (Å²) >= 11 is 0. The first kappa shape index (κ1) is 13.5. The number of nitrogens with zero attached hydrogens (tertiary/aromatic N) is 2. The molecule has 3 N–H and O–H groups in total. The van der Waals surface area contributed by atoms with Gasteiger partial charge in [-0.05, 0) is 30.7 Å². The predicted molar refractivity (Wildman–Crippen MR) is 74.4 cm³/mol. The van der Waals surface area contributed by atoms with Gasteiger partial charge in [-0.1, -0.05) is 0 Å². The van der Waals surface area contributed by atoms with Crippen LogP contribution in [-0.4, -0.2) is 15.8 Å². The van der Waals surface area contributed by atoms with E-state index in [-0.39, 0.29) is 11.6 Å². The van der Waals surface area contributed by atoms with Crippen LogP contribution in [0.1, 0.15) is 15.9 Å². The Bertz CT molecular complexity index is 668. The van der Waals surface area contributed by atoms with Crippen LogP contribution >= 0.6 is 0 Å². The van der Waals surface area contributed by atoms with Crippen LogP contribution in [-0.2, 0) is 0 Å². The lowest BCUT2D eigenvalue weighted by molar-refractivity contribution is -0.384. The minimum atomic E-state index is -0.484. The number of amides is 1. The van der Waals surface area contributed by atoms with Crippen molar-refractivity contribution in [2.75, 3.05) is 11.1 Å². The van der Waals surface area contributed by atoms with Gasteiger partial charge >= 0.3 is 0 Å². The lowest BCUT2D eigenvalue weighted by Gasteiger charge is -2.08. The van der Waals surface area contributed by atoms with Crippen molar-refractivity contribution >= 4 is 23.1 Å². The summed E-state index contributed by atoms with van der Waals surface area (Å²) in [5, 5.41) is 13.3. The van der Waals surface area contributed by atoms with E-state index >= 15 is 0 Å². The normalized spacial score (nSPS) is 10.1. The fourth-order valence-corrected chi connectivity index (χ4v) is 1.64. The van der Waals surface area contributed by atoms with Gasteiger partial charge in [-0.2, -0.15) is 0 Å². The number of nitrogens with one attached hydrogen (secondary N) is 1. The molecule has 0 saturated carbocycles. The zero-order chi connectivity index (χ0) is 14.7. The smallest absolute Gasteiger partial charge is 0.269 e. The van der Waals surface area contributed by atoms with E-state index < -0.39 is 4.92 Å². The topological polar surface area (TPSA) is 111 Å². The summed E-state index contributed by atoms with van der Waals surface area (Å²) in [5.74, 6) is -0.0254. The van der Waals surface area contributed by atoms with Crippen molar-refractivity contribution < 1.29 is 9.72 Å². The SMILES string of the molecule is Cc1cc([N+](=O)[O-])ccc1NC(=O)c1ccc(N)nc1. The van der Waals surface area contributed by atoms with Crippen LogP contribution in [0.15, 0.2) is 36.5 Å². The molecule has 102 valence electrons. The van der Waals surface area contributed by atoms with Gasteiger partial charge < -0.3 is 11.1 Å². The van der Waals surface area contributed by atoms with E-state index in [0.29, 0.717) is 22.6 Å². The number of rotatable bonds is 3. The largest absolute Gasteiger partial charge is 0.384 e. The number of aryl methyl sites for hydroxylation is 1. The molecule has 2 aromatic rings. The van der Waals surface area contributed by atoms with E-state index in [0.717, 1.165) is 0 Å². The van der Waals surface area contributed by atoms with Gasteiger partial charge in [0.15, 0.2) is 0 Å². The van der Waals surface area contributed by atoms with Crippen LogP contribution in [0.2, 0.25) is 0 Å². The second kappa shape index (κ2) is 5.35. The van der Waals surface area contributed by atoms with Crippen LogP contribution < -0.4 is 11.1 Å². The molecule has 0 spiro atoms. The molecule has 1 heterocycles. The Morgan fingerprint density at radius 3 is 2.65 bits per heavy atom. The second-order valence-electron chi connectivity index (χ2n) is 4.18. The van der Waals surface area contributed by atoms with Gasteiger partial charge in [0.25, 0.3) is 11.6 Å². The van der Waals surface area contributed by atoms with Gasteiger partial charge in [-0.3, -0.25) is 14.9 Å². The summed E-state index contributed by atoms with van der Waals surface area (Å²) in [6, 6.07) is 7.31. The first-order valence-electron chi connectivity index (χ1n) is 5.75. The molecule has 20 heavy (non-hydrogen) atoms. The number of hydrogen-bond acceptors (Lipinski definition) is 5. The molecule has 7 heteroatoms. The number of nitro benzene ring substituents is 1. The Hall–Kier alpha value is -2.96. The van der Waals surface area contributed by atoms with E-state index in [1.807, 2.05) is 0 Å². The van der Waals surface area contributed by atoms with E-state index in [9.17, 15) is 14.9 Å². The number of nitrogens with two attached hydrogens (primary N) is 1. The number of carbonyl (C=O) groups is 1.